The van der Waals surface area contributed by atoms with Crippen molar-refractivity contribution in [1.29, 1.82) is 0 Å². The Bertz CT molecular complexity index is 590. The number of nitrogens with one attached hydrogen (secondary N) is 1. The fourth-order valence-electron chi connectivity index (χ4n) is 2.46. The zero-order chi connectivity index (χ0) is 16.7. The van der Waals surface area contributed by atoms with Gasteiger partial charge in [-0.25, -0.2) is 0 Å². The summed E-state index contributed by atoms with van der Waals surface area (Å²) in [6.07, 6.45) is 1.05. The van der Waals surface area contributed by atoms with E-state index in [2.05, 4.69) is 73.2 Å². The van der Waals surface area contributed by atoms with Gasteiger partial charge in [0, 0.05) is 12.1 Å². The lowest BCUT2D eigenvalue weighted by Crippen LogP contribution is -2.87. The molecule has 0 saturated heterocycles. The van der Waals surface area contributed by atoms with Crippen LogP contribution < -0.4 is 10.6 Å². The Hall–Kier alpha value is -1.65. The van der Waals surface area contributed by atoms with E-state index < -0.39 is 0 Å². The van der Waals surface area contributed by atoms with Gasteiger partial charge < -0.3 is 10.6 Å². The van der Waals surface area contributed by atoms with Crippen LogP contribution in [0.15, 0.2) is 41.8 Å². The smallest absolute Gasteiger partial charge is 0.275 e. The average Bonchev–Trinajstić information content (AvgIpc) is 3.08. The molecule has 1 aromatic heterocycles. The van der Waals surface area contributed by atoms with Crippen LogP contribution in [0.25, 0.3) is 0 Å². The van der Waals surface area contributed by atoms with Gasteiger partial charge in [0.1, 0.15) is 6.04 Å². The maximum absolute atomic E-state index is 12.0. The molecule has 23 heavy (non-hydrogen) atoms. The van der Waals surface area contributed by atoms with Crippen molar-refractivity contribution in [2.75, 3.05) is 13.1 Å². The number of hydrogen-bond donors (Lipinski definition) is 2. The molecule has 0 radical (unpaired) electrons. The van der Waals surface area contributed by atoms with Gasteiger partial charge in [-0.05, 0) is 29.3 Å². The first kappa shape index (κ1) is 17.7. The zero-order valence-corrected chi connectivity index (χ0v) is 15.0. The maximum Gasteiger partial charge on any atom is 0.275 e. The third kappa shape index (κ3) is 5.48. The number of thiophene rings is 1. The summed E-state index contributed by atoms with van der Waals surface area (Å²) in [5.41, 5.74) is 2.59. The molecule has 0 unspecified atom stereocenters. The number of benzene rings is 1. The highest BCUT2D eigenvalue weighted by Crippen LogP contribution is 2.23. The second-order valence-corrected chi connectivity index (χ2v) is 7.21. The molecule has 0 spiro atoms. The lowest BCUT2D eigenvalue weighted by Gasteiger charge is -2.15. The van der Waals surface area contributed by atoms with Crippen molar-refractivity contribution in [3.63, 3.8) is 0 Å². The zero-order valence-electron chi connectivity index (χ0n) is 14.2. The third-order valence-corrected chi connectivity index (χ3v) is 4.80. The molecule has 124 valence electrons. The average molecular weight is 332 g/mol. The van der Waals surface area contributed by atoms with E-state index in [0.29, 0.717) is 12.5 Å². The van der Waals surface area contributed by atoms with Gasteiger partial charge in [0.25, 0.3) is 5.91 Å². The summed E-state index contributed by atoms with van der Waals surface area (Å²) in [5.74, 6) is 0.582. The quantitative estimate of drug-likeness (QED) is 0.767. The molecule has 4 heteroatoms. The Morgan fingerprint density at radius 1 is 1.22 bits per heavy atom. The van der Waals surface area contributed by atoms with Crippen LogP contribution in [0.2, 0.25) is 0 Å². The van der Waals surface area contributed by atoms with Crippen molar-refractivity contribution in [1.82, 2.24) is 5.32 Å². The first-order valence-corrected chi connectivity index (χ1v) is 9.20. The van der Waals surface area contributed by atoms with Gasteiger partial charge in [-0.3, -0.25) is 4.79 Å². The molecular weight excluding hydrogens is 304 g/mol. The van der Waals surface area contributed by atoms with Crippen molar-refractivity contribution in [2.24, 2.45) is 5.92 Å². The molecule has 0 aliphatic heterocycles. The summed E-state index contributed by atoms with van der Waals surface area (Å²) < 4.78 is 0. The third-order valence-electron chi connectivity index (χ3n) is 3.84. The number of hydrogen-bond acceptors (Lipinski definition) is 2. The minimum absolute atomic E-state index is 0.102. The number of aryl methyl sites for hydroxylation is 1. The predicted molar refractivity (Wildman–Crippen MR) is 96.6 cm³/mol. The van der Waals surface area contributed by atoms with Crippen LogP contribution >= 0.6 is 11.3 Å². The van der Waals surface area contributed by atoms with Gasteiger partial charge in [-0.15, -0.1) is 11.3 Å². The molecule has 1 atom stereocenters. The van der Waals surface area contributed by atoms with Gasteiger partial charge >= 0.3 is 0 Å². The van der Waals surface area contributed by atoms with E-state index in [-0.39, 0.29) is 11.9 Å². The Labute approximate surface area is 143 Å². The summed E-state index contributed by atoms with van der Waals surface area (Å²) in [7, 11) is 0. The standard InChI is InChI=1S/C19H26N2OS/c1-4-15-7-9-16(10-8-15)19(17-6-5-11-23-17)21-13-18(22)20-12-14(2)3/h5-11,14,19,21H,4,12-13H2,1-3H3,(H,20,22)/p+1/t19-/m0/s1. The van der Waals surface area contributed by atoms with E-state index in [1.807, 2.05) is 0 Å². The van der Waals surface area contributed by atoms with Gasteiger partial charge in [0.2, 0.25) is 0 Å². The molecule has 3 N–H and O–H groups in total. The lowest BCUT2D eigenvalue weighted by molar-refractivity contribution is -0.676. The maximum atomic E-state index is 12.0. The highest BCUT2D eigenvalue weighted by Gasteiger charge is 2.20. The Morgan fingerprint density at radius 2 is 1.96 bits per heavy atom. The van der Waals surface area contributed by atoms with Crippen LogP contribution in [0, 0.1) is 5.92 Å². The summed E-state index contributed by atoms with van der Waals surface area (Å²) in [4.78, 5) is 13.3. The Morgan fingerprint density at radius 3 is 2.52 bits per heavy atom. The van der Waals surface area contributed by atoms with Crippen LogP contribution in [0.4, 0.5) is 0 Å². The highest BCUT2D eigenvalue weighted by atomic mass is 32.1. The number of amides is 1. The van der Waals surface area contributed by atoms with Gasteiger partial charge in [0.15, 0.2) is 6.54 Å². The van der Waals surface area contributed by atoms with Crippen molar-refractivity contribution < 1.29 is 10.1 Å². The fourth-order valence-corrected chi connectivity index (χ4v) is 3.31. The van der Waals surface area contributed by atoms with E-state index in [1.165, 1.54) is 16.0 Å². The van der Waals surface area contributed by atoms with E-state index in [9.17, 15) is 4.79 Å². The summed E-state index contributed by atoms with van der Waals surface area (Å²) in [6.45, 7) is 7.56. The van der Waals surface area contributed by atoms with Gasteiger partial charge in [0.05, 0.1) is 4.88 Å². The van der Waals surface area contributed by atoms with Crippen molar-refractivity contribution >= 4 is 17.2 Å². The largest absolute Gasteiger partial charge is 0.351 e. The van der Waals surface area contributed by atoms with Crippen LogP contribution in [0.1, 0.15) is 42.8 Å². The lowest BCUT2D eigenvalue weighted by atomic mass is 10.0. The Balaban J connectivity index is 2.04. The summed E-state index contributed by atoms with van der Waals surface area (Å²) >= 11 is 1.74. The normalized spacial score (nSPS) is 12.3. The van der Waals surface area contributed by atoms with Crippen LogP contribution in [-0.2, 0) is 11.2 Å². The molecule has 0 aliphatic carbocycles. The summed E-state index contributed by atoms with van der Waals surface area (Å²) in [5, 5.41) is 7.21. The number of quaternary nitrogens is 1. The van der Waals surface area contributed by atoms with E-state index >= 15 is 0 Å². The fraction of sp³-hybridized carbons (Fsp3) is 0.421. The molecule has 2 rings (SSSR count). The molecule has 0 fully saturated rings. The van der Waals surface area contributed by atoms with Gasteiger partial charge in [-0.2, -0.15) is 0 Å². The second-order valence-electron chi connectivity index (χ2n) is 6.23. The summed E-state index contributed by atoms with van der Waals surface area (Å²) in [6, 6.07) is 13.1. The highest BCUT2D eigenvalue weighted by molar-refractivity contribution is 7.10. The minimum Gasteiger partial charge on any atom is -0.351 e. The van der Waals surface area contributed by atoms with E-state index in [4.69, 9.17) is 0 Å². The van der Waals surface area contributed by atoms with Crippen molar-refractivity contribution in [3.05, 3.63) is 57.8 Å². The molecule has 1 heterocycles. The molecule has 0 saturated carbocycles. The SMILES string of the molecule is CCc1ccc([C@H]([NH2+]CC(=O)NCC(C)C)c2cccs2)cc1. The first-order valence-electron chi connectivity index (χ1n) is 8.32. The van der Waals surface area contributed by atoms with E-state index in [1.54, 1.807) is 11.3 Å². The van der Waals surface area contributed by atoms with Crippen LogP contribution in [0.5, 0.6) is 0 Å². The molecule has 0 aliphatic rings. The monoisotopic (exact) mass is 331 g/mol. The van der Waals surface area contributed by atoms with E-state index in [0.717, 1.165) is 13.0 Å². The molecule has 1 amide bonds. The predicted octanol–water partition coefficient (Wildman–Crippen LogP) is 2.74. The van der Waals surface area contributed by atoms with Crippen molar-refractivity contribution in [3.8, 4) is 0 Å². The number of rotatable bonds is 8. The van der Waals surface area contributed by atoms with Gasteiger partial charge in [-0.1, -0.05) is 51.1 Å². The molecular formula is C19H27N2OS+. The molecule has 2 aromatic rings. The minimum atomic E-state index is 0.102. The van der Waals surface area contributed by atoms with Crippen LogP contribution in [0.3, 0.4) is 0 Å². The van der Waals surface area contributed by atoms with Crippen molar-refractivity contribution in [2.45, 2.75) is 33.2 Å². The molecule has 1 aromatic carbocycles. The molecule has 3 nitrogen and oxygen atoms in total. The second kappa shape index (κ2) is 8.85. The Kier molecular flexibility index (Phi) is 6.81. The first-order chi connectivity index (χ1) is 11.1. The number of carbonyl (C=O) groups excluding carboxylic acids is 1. The number of nitrogens with two attached hydrogens (primary N) is 1. The number of carbonyl (C=O) groups is 1. The molecule has 0 bridgehead atoms. The van der Waals surface area contributed by atoms with Crippen LogP contribution in [-0.4, -0.2) is 19.0 Å². The topological polar surface area (TPSA) is 45.7 Å².